The maximum absolute atomic E-state index is 11.4. The van der Waals surface area contributed by atoms with Crippen LogP contribution in [0.1, 0.15) is 68.4 Å². The molecule has 1 aliphatic rings. The molecule has 164 valence electrons. The van der Waals surface area contributed by atoms with Gasteiger partial charge in [-0.1, -0.05) is 93.6 Å². The van der Waals surface area contributed by atoms with Crippen LogP contribution in [0.25, 0.3) is 22.0 Å². The molecule has 0 aliphatic heterocycles. The molecule has 0 radical (unpaired) electrons. The van der Waals surface area contributed by atoms with Gasteiger partial charge in [0.2, 0.25) is 0 Å². The van der Waals surface area contributed by atoms with Crippen LogP contribution < -0.4 is 0 Å². The van der Waals surface area contributed by atoms with E-state index >= 15 is 0 Å². The van der Waals surface area contributed by atoms with Gasteiger partial charge in [-0.3, -0.25) is 4.68 Å². The number of aromatic nitrogens is 2. The van der Waals surface area contributed by atoms with Gasteiger partial charge in [0, 0.05) is 17.0 Å². The first kappa shape index (κ1) is 21.0. The van der Waals surface area contributed by atoms with Crippen LogP contribution in [0.5, 0.6) is 0 Å². The Morgan fingerprint density at radius 1 is 0.938 bits per heavy atom. The molecule has 0 amide bonds. The molecule has 0 spiro atoms. The molecule has 3 atom stereocenters. The molecule has 1 aliphatic carbocycles. The minimum Gasteiger partial charge on any atom is -0.386 e. The largest absolute Gasteiger partial charge is 0.386 e. The molecule has 0 saturated carbocycles. The summed E-state index contributed by atoms with van der Waals surface area (Å²) in [4.78, 5) is 0. The second-order valence-corrected chi connectivity index (χ2v) is 9.61. The Labute approximate surface area is 190 Å². The SMILES string of the molecule is CC(C)[C@@H]1CC[C@@H](C)c2c1nn(C[C@@H](O)c1cccc3ccccc13)c2-c1ccccc1. The quantitative estimate of drug-likeness (QED) is 0.372. The van der Waals surface area contributed by atoms with Crippen LogP contribution in [-0.4, -0.2) is 14.9 Å². The summed E-state index contributed by atoms with van der Waals surface area (Å²) < 4.78 is 2.09. The van der Waals surface area contributed by atoms with Gasteiger partial charge < -0.3 is 5.11 Å². The lowest BCUT2D eigenvalue weighted by molar-refractivity contribution is 0.153. The first-order valence-corrected chi connectivity index (χ1v) is 11.9. The zero-order chi connectivity index (χ0) is 22.2. The first-order valence-electron chi connectivity index (χ1n) is 11.9. The molecule has 4 aromatic rings. The summed E-state index contributed by atoms with van der Waals surface area (Å²) in [6, 6.07) is 25.0. The zero-order valence-corrected chi connectivity index (χ0v) is 19.2. The highest BCUT2D eigenvalue weighted by Crippen LogP contribution is 2.46. The minimum atomic E-state index is -0.627. The zero-order valence-electron chi connectivity index (χ0n) is 19.2. The standard InChI is InChI=1S/C29H32N2O/c1-19(2)23-17-16-20(3)27-28(23)30-31(29(27)22-11-5-4-6-12-22)18-26(32)25-15-9-13-21-10-7-8-14-24(21)25/h4-15,19-20,23,26,32H,16-18H2,1-3H3/t20-,23+,26-/m1/s1. The molecule has 3 nitrogen and oxygen atoms in total. The summed E-state index contributed by atoms with van der Waals surface area (Å²) in [5.74, 6) is 1.49. The molecule has 0 saturated heterocycles. The number of benzene rings is 3. The molecule has 3 heteroatoms. The van der Waals surface area contributed by atoms with Crippen LogP contribution in [0.4, 0.5) is 0 Å². The summed E-state index contributed by atoms with van der Waals surface area (Å²) in [6.45, 7) is 7.38. The van der Waals surface area contributed by atoms with E-state index in [1.807, 2.05) is 24.3 Å². The fourth-order valence-electron chi connectivity index (χ4n) is 5.45. The van der Waals surface area contributed by atoms with Crippen molar-refractivity contribution in [2.45, 2.75) is 58.1 Å². The summed E-state index contributed by atoms with van der Waals surface area (Å²) in [7, 11) is 0. The lowest BCUT2D eigenvalue weighted by atomic mass is 9.75. The average Bonchev–Trinajstić information content (AvgIpc) is 3.18. The summed E-state index contributed by atoms with van der Waals surface area (Å²) in [6.07, 6.45) is 1.74. The van der Waals surface area contributed by atoms with Crippen molar-refractivity contribution in [1.82, 2.24) is 9.78 Å². The fraction of sp³-hybridized carbons (Fsp3) is 0.345. The molecular weight excluding hydrogens is 392 g/mol. The lowest BCUT2D eigenvalue weighted by Gasteiger charge is -2.29. The summed E-state index contributed by atoms with van der Waals surface area (Å²) in [5, 5.41) is 18.8. The lowest BCUT2D eigenvalue weighted by Crippen LogP contribution is -2.17. The van der Waals surface area contributed by atoms with Gasteiger partial charge in [-0.25, -0.2) is 0 Å². The third-order valence-electron chi connectivity index (χ3n) is 7.15. The fourth-order valence-corrected chi connectivity index (χ4v) is 5.45. The Bertz CT molecular complexity index is 1220. The minimum absolute atomic E-state index is 0.447. The molecule has 1 aromatic heterocycles. The van der Waals surface area contributed by atoms with Crippen molar-refractivity contribution in [3.05, 3.63) is 89.6 Å². The number of aliphatic hydroxyl groups excluding tert-OH is 1. The summed E-state index contributed by atoms with van der Waals surface area (Å²) in [5.41, 5.74) is 5.94. The van der Waals surface area contributed by atoms with Gasteiger partial charge in [0.15, 0.2) is 0 Å². The second-order valence-electron chi connectivity index (χ2n) is 9.61. The van der Waals surface area contributed by atoms with Crippen LogP contribution in [-0.2, 0) is 6.54 Å². The van der Waals surface area contributed by atoms with Crippen LogP contribution in [0, 0.1) is 5.92 Å². The van der Waals surface area contributed by atoms with E-state index in [1.54, 1.807) is 0 Å². The van der Waals surface area contributed by atoms with Crippen LogP contribution >= 0.6 is 0 Å². The van der Waals surface area contributed by atoms with E-state index in [4.69, 9.17) is 5.10 Å². The number of hydrogen-bond donors (Lipinski definition) is 1. The van der Waals surface area contributed by atoms with Gasteiger partial charge >= 0.3 is 0 Å². The van der Waals surface area contributed by atoms with Gasteiger partial charge in [0.05, 0.1) is 24.0 Å². The molecule has 1 N–H and O–H groups in total. The molecule has 0 fully saturated rings. The maximum atomic E-state index is 11.4. The highest BCUT2D eigenvalue weighted by molar-refractivity contribution is 5.86. The van der Waals surface area contributed by atoms with Gasteiger partial charge in [-0.05, 0) is 41.0 Å². The van der Waals surface area contributed by atoms with Gasteiger partial charge in [0.25, 0.3) is 0 Å². The van der Waals surface area contributed by atoms with Crippen LogP contribution in [0.15, 0.2) is 72.8 Å². The maximum Gasteiger partial charge on any atom is 0.0992 e. The number of fused-ring (bicyclic) bond motifs is 2. The Morgan fingerprint density at radius 2 is 1.66 bits per heavy atom. The van der Waals surface area contributed by atoms with E-state index < -0.39 is 6.10 Å². The van der Waals surface area contributed by atoms with Crippen molar-refractivity contribution in [1.29, 1.82) is 0 Å². The predicted molar refractivity (Wildman–Crippen MR) is 132 cm³/mol. The number of rotatable bonds is 5. The molecule has 3 aromatic carbocycles. The number of nitrogens with zero attached hydrogens (tertiary/aromatic N) is 2. The Hall–Kier alpha value is -2.91. The third-order valence-corrected chi connectivity index (χ3v) is 7.15. The highest BCUT2D eigenvalue weighted by atomic mass is 16.3. The van der Waals surface area contributed by atoms with Crippen molar-refractivity contribution < 1.29 is 5.11 Å². The average molecular weight is 425 g/mol. The van der Waals surface area contributed by atoms with Gasteiger partial charge in [0.1, 0.15) is 0 Å². The van der Waals surface area contributed by atoms with Crippen molar-refractivity contribution in [3.63, 3.8) is 0 Å². The van der Waals surface area contributed by atoms with Gasteiger partial charge in [-0.2, -0.15) is 5.10 Å². The summed E-state index contributed by atoms with van der Waals surface area (Å²) >= 11 is 0. The van der Waals surface area contributed by atoms with Crippen LogP contribution in [0.3, 0.4) is 0 Å². The monoisotopic (exact) mass is 424 g/mol. The van der Waals surface area contributed by atoms with E-state index in [1.165, 1.54) is 35.4 Å². The Balaban J connectivity index is 1.63. The topological polar surface area (TPSA) is 38.0 Å². The normalized spacial score (nSPS) is 19.3. The first-order chi connectivity index (χ1) is 15.5. The predicted octanol–water partition coefficient (Wildman–Crippen LogP) is 7.07. The van der Waals surface area contributed by atoms with E-state index in [0.29, 0.717) is 24.3 Å². The molecule has 0 unspecified atom stereocenters. The number of hydrogen-bond acceptors (Lipinski definition) is 2. The van der Waals surface area contributed by atoms with Crippen molar-refractivity contribution in [2.75, 3.05) is 0 Å². The Morgan fingerprint density at radius 3 is 2.44 bits per heavy atom. The van der Waals surface area contributed by atoms with E-state index in [9.17, 15) is 5.11 Å². The smallest absolute Gasteiger partial charge is 0.0992 e. The van der Waals surface area contributed by atoms with Crippen molar-refractivity contribution in [3.8, 4) is 11.3 Å². The highest BCUT2D eigenvalue weighted by Gasteiger charge is 2.34. The molecule has 5 rings (SSSR count). The second kappa shape index (κ2) is 8.55. The molecule has 32 heavy (non-hydrogen) atoms. The van der Waals surface area contributed by atoms with E-state index in [2.05, 4.69) is 74.0 Å². The van der Waals surface area contributed by atoms with E-state index in [0.717, 1.165) is 16.3 Å². The third kappa shape index (κ3) is 3.65. The van der Waals surface area contributed by atoms with Gasteiger partial charge in [-0.15, -0.1) is 0 Å². The Kier molecular flexibility index (Phi) is 5.60. The van der Waals surface area contributed by atoms with Crippen molar-refractivity contribution in [2.24, 2.45) is 5.92 Å². The van der Waals surface area contributed by atoms with Crippen molar-refractivity contribution >= 4 is 10.8 Å². The molecular formula is C29H32N2O. The van der Waals surface area contributed by atoms with Crippen LogP contribution in [0.2, 0.25) is 0 Å². The molecule has 0 bridgehead atoms. The number of aliphatic hydroxyl groups is 1. The van der Waals surface area contributed by atoms with E-state index in [-0.39, 0.29) is 0 Å². The molecule has 1 heterocycles.